The summed E-state index contributed by atoms with van der Waals surface area (Å²) in [5, 5.41) is 5.27. The van der Waals surface area contributed by atoms with Gasteiger partial charge < -0.3 is 10.2 Å². The van der Waals surface area contributed by atoms with Crippen LogP contribution in [-0.4, -0.2) is 28.2 Å². The summed E-state index contributed by atoms with van der Waals surface area (Å²) in [5.41, 5.74) is 2.84. The zero-order valence-electron chi connectivity index (χ0n) is 15.4. The van der Waals surface area contributed by atoms with Crippen molar-refractivity contribution in [1.29, 1.82) is 0 Å². The minimum Gasteiger partial charge on any atom is -0.324 e. The van der Waals surface area contributed by atoms with E-state index in [9.17, 15) is 8.42 Å². The molecule has 0 fully saturated rings. The van der Waals surface area contributed by atoms with Crippen molar-refractivity contribution in [3.8, 4) is 0 Å². The van der Waals surface area contributed by atoms with Crippen LogP contribution in [0.25, 0.3) is 10.8 Å². The summed E-state index contributed by atoms with van der Waals surface area (Å²) in [6, 6.07) is 20.9. The lowest BCUT2D eigenvalue weighted by Gasteiger charge is -2.26. The van der Waals surface area contributed by atoms with Crippen molar-refractivity contribution in [2.24, 2.45) is 0 Å². The largest absolute Gasteiger partial charge is 0.324 e. The number of benzene rings is 3. The Kier molecular flexibility index (Phi) is 4.10. The normalized spacial score (nSPS) is 16.9. The van der Waals surface area contributed by atoms with Gasteiger partial charge in [-0.15, -0.1) is 0 Å². The second-order valence-electron chi connectivity index (χ2n) is 7.07. The fourth-order valence-corrected chi connectivity index (χ4v) is 5.40. The van der Waals surface area contributed by atoms with Crippen molar-refractivity contribution in [2.45, 2.75) is 11.3 Å². The lowest BCUT2D eigenvalue weighted by atomic mass is 10.1. The first-order valence-corrected chi connectivity index (χ1v) is 10.9. The van der Waals surface area contributed by atoms with Crippen LogP contribution in [0.4, 0.5) is 11.4 Å². The van der Waals surface area contributed by atoms with Crippen molar-refractivity contribution >= 4 is 32.2 Å². The summed E-state index contributed by atoms with van der Waals surface area (Å²) in [6.07, 6.45) is 3.03. The van der Waals surface area contributed by atoms with Crippen molar-refractivity contribution in [3.63, 3.8) is 0 Å². The molecule has 6 heteroatoms. The molecule has 5 nitrogen and oxygen atoms in total. The van der Waals surface area contributed by atoms with E-state index in [1.807, 2.05) is 54.6 Å². The maximum atomic E-state index is 13.5. The van der Waals surface area contributed by atoms with E-state index < -0.39 is 10.0 Å². The molecule has 0 atom stereocenters. The van der Waals surface area contributed by atoms with Crippen LogP contribution in [-0.2, 0) is 10.0 Å². The zero-order chi connectivity index (χ0) is 19.1. The van der Waals surface area contributed by atoms with Crippen molar-refractivity contribution < 1.29 is 8.42 Å². The van der Waals surface area contributed by atoms with Gasteiger partial charge in [0.25, 0.3) is 10.0 Å². The van der Waals surface area contributed by atoms with Crippen LogP contribution in [0.15, 0.2) is 83.4 Å². The first-order chi connectivity index (χ1) is 13.6. The molecule has 0 spiro atoms. The summed E-state index contributed by atoms with van der Waals surface area (Å²) >= 11 is 0. The number of rotatable bonds is 3. The van der Waals surface area contributed by atoms with Crippen molar-refractivity contribution in [1.82, 2.24) is 5.32 Å². The van der Waals surface area contributed by atoms with Gasteiger partial charge in [0.15, 0.2) is 0 Å². The first kappa shape index (κ1) is 17.3. The van der Waals surface area contributed by atoms with Crippen LogP contribution in [0.5, 0.6) is 0 Å². The van der Waals surface area contributed by atoms with E-state index >= 15 is 0 Å². The van der Waals surface area contributed by atoms with Gasteiger partial charge in [-0.1, -0.05) is 48.5 Å². The maximum Gasteiger partial charge on any atom is 0.265 e. The Balaban J connectivity index is 1.58. The van der Waals surface area contributed by atoms with E-state index in [1.54, 1.807) is 12.1 Å². The van der Waals surface area contributed by atoms with Crippen LogP contribution in [0, 0.1) is 0 Å². The van der Waals surface area contributed by atoms with Crippen LogP contribution in [0.3, 0.4) is 0 Å². The highest BCUT2D eigenvalue weighted by Crippen LogP contribution is 2.41. The molecule has 5 rings (SSSR count). The number of nitrogens with one attached hydrogen (secondary N) is 1. The smallest absolute Gasteiger partial charge is 0.265 e. The van der Waals surface area contributed by atoms with E-state index in [4.69, 9.17) is 0 Å². The third kappa shape index (κ3) is 2.77. The van der Waals surface area contributed by atoms with Gasteiger partial charge in [0, 0.05) is 18.8 Å². The molecule has 0 aromatic heterocycles. The van der Waals surface area contributed by atoms with Crippen molar-refractivity contribution in [2.75, 3.05) is 29.0 Å². The predicted octanol–water partition coefficient (Wildman–Crippen LogP) is 3.69. The summed E-state index contributed by atoms with van der Waals surface area (Å²) in [7, 11) is -3.67. The van der Waals surface area contributed by atoms with Gasteiger partial charge in [-0.2, -0.15) is 0 Å². The fraction of sp³-hybridized carbons (Fsp3) is 0.182. The molecule has 0 amide bonds. The van der Waals surface area contributed by atoms with Gasteiger partial charge in [0.05, 0.1) is 16.3 Å². The van der Waals surface area contributed by atoms with Crippen LogP contribution in [0.2, 0.25) is 0 Å². The third-order valence-corrected chi connectivity index (χ3v) is 7.15. The van der Waals surface area contributed by atoms with Gasteiger partial charge >= 0.3 is 0 Å². The first-order valence-electron chi connectivity index (χ1n) is 9.42. The summed E-state index contributed by atoms with van der Waals surface area (Å²) in [6.45, 7) is 2.02. The molecule has 0 unspecified atom stereocenters. The van der Waals surface area contributed by atoms with E-state index in [1.165, 1.54) is 10.0 Å². The molecule has 2 heterocycles. The zero-order valence-corrected chi connectivity index (χ0v) is 16.2. The molecule has 0 aliphatic carbocycles. The molecular formula is C22H21N3O2S. The van der Waals surface area contributed by atoms with E-state index in [-0.39, 0.29) is 0 Å². The standard InChI is InChI=1S/C22H21N3O2S/c26-28(27,20-10-9-17-5-1-2-6-18(17)15-20)25-16-24(19-11-13-23-14-12-19)21-7-3-4-8-22(21)25/h1-11,15,23H,12-14,16H2. The quantitative estimate of drug-likeness (QED) is 0.740. The van der Waals surface area contributed by atoms with E-state index in [2.05, 4.69) is 16.3 Å². The minimum absolute atomic E-state index is 0.306. The highest BCUT2D eigenvalue weighted by Gasteiger charge is 2.36. The molecule has 3 aromatic rings. The molecule has 142 valence electrons. The Hall–Kier alpha value is -2.83. The summed E-state index contributed by atoms with van der Waals surface area (Å²) in [5.74, 6) is 0. The number of nitrogens with zero attached hydrogens (tertiary/aromatic N) is 2. The third-order valence-electron chi connectivity index (χ3n) is 5.41. The molecule has 28 heavy (non-hydrogen) atoms. The molecule has 0 radical (unpaired) electrons. The summed E-state index contributed by atoms with van der Waals surface area (Å²) < 4.78 is 28.6. The SMILES string of the molecule is O=S(=O)(c1ccc2ccccc2c1)N1CN(C2=CCNCC2)c2ccccc21. The second-order valence-corrected chi connectivity index (χ2v) is 8.93. The highest BCUT2D eigenvalue weighted by molar-refractivity contribution is 7.92. The Labute approximate surface area is 164 Å². The average Bonchev–Trinajstić information content (AvgIpc) is 3.14. The number of sulfonamides is 1. The Morgan fingerprint density at radius 1 is 0.857 bits per heavy atom. The molecule has 0 saturated carbocycles. The van der Waals surface area contributed by atoms with Crippen LogP contribution < -0.4 is 14.5 Å². The Morgan fingerprint density at radius 2 is 1.61 bits per heavy atom. The molecule has 3 aromatic carbocycles. The monoisotopic (exact) mass is 391 g/mol. The predicted molar refractivity (Wildman–Crippen MR) is 113 cm³/mol. The van der Waals surface area contributed by atoms with Gasteiger partial charge in [0.2, 0.25) is 0 Å². The van der Waals surface area contributed by atoms with Crippen molar-refractivity contribution in [3.05, 3.63) is 78.5 Å². The highest BCUT2D eigenvalue weighted by atomic mass is 32.2. The molecule has 1 N–H and O–H groups in total. The van der Waals surface area contributed by atoms with E-state index in [0.717, 1.165) is 41.7 Å². The fourth-order valence-electron chi connectivity index (χ4n) is 3.95. The molecule has 0 bridgehead atoms. The summed E-state index contributed by atoms with van der Waals surface area (Å²) in [4.78, 5) is 2.44. The maximum absolute atomic E-state index is 13.5. The van der Waals surface area contributed by atoms with Gasteiger partial charge in [0.1, 0.15) is 6.67 Å². The number of anilines is 2. The molecule has 2 aliphatic heterocycles. The Morgan fingerprint density at radius 3 is 2.39 bits per heavy atom. The number of fused-ring (bicyclic) bond motifs is 2. The van der Waals surface area contributed by atoms with Gasteiger partial charge in [-0.05, 0) is 41.5 Å². The topological polar surface area (TPSA) is 52.7 Å². The number of para-hydroxylation sites is 2. The number of hydrogen-bond donors (Lipinski definition) is 1. The average molecular weight is 391 g/mol. The lowest BCUT2D eigenvalue weighted by Crippen LogP contribution is -2.37. The van der Waals surface area contributed by atoms with E-state index in [0.29, 0.717) is 11.6 Å². The second kappa shape index (κ2) is 6.65. The van der Waals surface area contributed by atoms with Crippen LogP contribution >= 0.6 is 0 Å². The molecule has 0 saturated heterocycles. The van der Waals surface area contributed by atoms with Crippen LogP contribution in [0.1, 0.15) is 6.42 Å². The number of hydrogen-bond acceptors (Lipinski definition) is 4. The van der Waals surface area contributed by atoms with Gasteiger partial charge in [-0.3, -0.25) is 0 Å². The lowest BCUT2D eigenvalue weighted by molar-refractivity contribution is 0.591. The van der Waals surface area contributed by atoms with Gasteiger partial charge in [-0.25, -0.2) is 12.7 Å². The minimum atomic E-state index is -3.67. The molecule has 2 aliphatic rings. The molecular weight excluding hydrogens is 370 g/mol. The Bertz CT molecular complexity index is 1190.